The van der Waals surface area contributed by atoms with Gasteiger partial charge in [0, 0.05) is 35.2 Å². The molecule has 0 aliphatic carbocycles. The van der Waals surface area contributed by atoms with E-state index in [9.17, 15) is 9.59 Å². The van der Waals surface area contributed by atoms with Crippen molar-refractivity contribution in [1.82, 2.24) is 9.88 Å². The summed E-state index contributed by atoms with van der Waals surface area (Å²) in [4.78, 5) is 29.5. The maximum atomic E-state index is 12.9. The smallest absolute Gasteiger partial charge is 0.322 e. The van der Waals surface area contributed by atoms with E-state index in [1.807, 2.05) is 64.1 Å². The van der Waals surface area contributed by atoms with Crippen molar-refractivity contribution in [2.45, 2.75) is 40.3 Å². The number of nitrogens with one attached hydrogen (secondary N) is 2. The summed E-state index contributed by atoms with van der Waals surface area (Å²) in [6.45, 7) is 8.31. The zero-order valence-corrected chi connectivity index (χ0v) is 16.2. The van der Waals surface area contributed by atoms with Crippen molar-refractivity contribution in [3.63, 3.8) is 0 Å². The Morgan fingerprint density at radius 2 is 1.74 bits per heavy atom. The SMILES string of the molecule is Cc1cc(C)cc(NC(=O)N(Cc2cc(=O)[nH]c3ccccc23)C(C)C)c1. The predicted molar refractivity (Wildman–Crippen MR) is 110 cm³/mol. The molecule has 3 aromatic rings. The molecule has 1 heterocycles. The Kier molecular flexibility index (Phi) is 5.31. The molecular formula is C22H25N3O2. The molecule has 0 unspecified atom stereocenters. The lowest BCUT2D eigenvalue weighted by molar-refractivity contribution is 0.194. The van der Waals surface area contributed by atoms with Gasteiger partial charge in [0.25, 0.3) is 0 Å². The van der Waals surface area contributed by atoms with Crippen molar-refractivity contribution in [3.05, 3.63) is 75.6 Å². The molecule has 0 saturated carbocycles. The van der Waals surface area contributed by atoms with Crippen LogP contribution >= 0.6 is 0 Å². The van der Waals surface area contributed by atoms with Crippen LogP contribution in [0, 0.1) is 13.8 Å². The average Bonchev–Trinajstić information content (AvgIpc) is 2.57. The molecule has 0 bridgehead atoms. The van der Waals surface area contributed by atoms with E-state index in [0.29, 0.717) is 6.54 Å². The predicted octanol–water partition coefficient (Wildman–Crippen LogP) is 4.59. The molecule has 0 atom stereocenters. The van der Waals surface area contributed by atoms with Gasteiger partial charge in [0.05, 0.1) is 0 Å². The minimum atomic E-state index is -0.181. The molecule has 5 nitrogen and oxygen atoms in total. The molecule has 1 aromatic heterocycles. The first-order valence-corrected chi connectivity index (χ1v) is 9.10. The molecule has 3 rings (SSSR count). The number of fused-ring (bicyclic) bond motifs is 1. The minimum Gasteiger partial charge on any atom is -0.322 e. The van der Waals surface area contributed by atoms with Crippen molar-refractivity contribution in [1.29, 1.82) is 0 Å². The first kappa shape index (κ1) is 18.7. The lowest BCUT2D eigenvalue weighted by Gasteiger charge is -2.27. The number of aromatic amines is 1. The van der Waals surface area contributed by atoms with E-state index in [2.05, 4.69) is 16.4 Å². The van der Waals surface area contributed by atoms with Gasteiger partial charge in [-0.15, -0.1) is 0 Å². The number of rotatable bonds is 4. The van der Waals surface area contributed by atoms with Crippen LogP contribution in [-0.4, -0.2) is 22.0 Å². The van der Waals surface area contributed by atoms with Crippen molar-refractivity contribution >= 4 is 22.6 Å². The number of hydrogen-bond acceptors (Lipinski definition) is 2. The van der Waals surface area contributed by atoms with Crippen LogP contribution in [0.15, 0.2) is 53.3 Å². The maximum absolute atomic E-state index is 12.9. The van der Waals surface area contributed by atoms with E-state index in [1.54, 1.807) is 11.0 Å². The highest BCUT2D eigenvalue weighted by Crippen LogP contribution is 2.19. The van der Waals surface area contributed by atoms with Crippen LogP contribution in [0.3, 0.4) is 0 Å². The molecule has 2 N–H and O–H groups in total. The number of amides is 2. The molecule has 5 heteroatoms. The van der Waals surface area contributed by atoms with E-state index in [1.165, 1.54) is 0 Å². The topological polar surface area (TPSA) is 65.2 Å². The van der Waals surface area contributed by atoms with E-state index >= 15 is 0 Å². The van der Waals surface area contributed by atoms with Gasteiger partial charge in [-0.2, -0.15) is 0 Å². The van der Waals surface area contributed by atoms with E-state index in [-0.39, 0.29) is 17.6 Å². The van der Waals surface area contributed by atoms with E-state index < -0.39 is 0 Å². The molecule has 27 heavy (non-hydrogen) atoms. The van der Waals surface area contributed by atoms with Gasteiger partial charge in [-0.05, 0) is 62.6 Å². The van der Waals surface area contributed by atoms with Crippen LogP contribution in [0.2, 0.25) is 0 Å². The average molecular weight is 363 g/mol. The molecule has 140 valence electrons. The number of aryl methyl sites for hydroxylation is 2. The summed E-state index contributed by atoms with van der Waals surface area (Å²) in [7, 11) is 0. The van der Waals surface area contributed by atoms with Gasteiger partial charge in [0.15, 0.2) is 0 Å². The third-order valence-corrected chi connectivity index (χ3v) is 4.53. The molecule has 2 amide bonds. The van der Waals surface area contributed by atoms with Crippen LogP contribution in [0.4, 0.5) is 10.5 Å². The molecule has 0 aliphatic rings. The number of urea groups is 1. The summed E-state index contributed by atoms with van der Waals surface area (Å²) in [6, 6.07) is 15.0. The monoisotopic (exact) mass is 363 g/mol. The zero-order valence-electron chi connectivity index (χ0n) is 16.2. The van der Waals surface area contributed by atoms with Gasteiger partial charge in [-0.3, -0.25) is 4.79 Å². The Hall–Kier alpha value is -3.08. The van der Waals surface area contributed by atoms with Crippen molar-refractivity contribution < 1.29 is 4.79 Å². The number of carbonyl (C=O) groups excluding carboxylic acids is 1. The van der Waals surface area contributed by atoms with Crippen LogP contribution in [-0.2, 0) is 6.54 Å². The fourth-order valence-electron chi connectivity index (χ4n) is 3.32. The first-order valence-electron chi connectivity index (χ1n) is 9.10. The van der Waals surface area contributed by atoms with Gasteiger partial charge in [0.1, 0.15) is 0 Å². The fourth-order valence-corrected chi connectivity index (χ4v) is 3.32. The van der Waals surface area contributed by atoms with Gasteiger partial charge in [-0.1, -0.05) is 24.3 Å². The maximum Gasteiger partial charge on any atom is 0.322 e. The van der Waals surface area contributed by atoms with Gasteiger partial charge in [-0.25, -0.2) is 4.79 Å². The summed E-state index contributed by atoms with van der Waals surface area (Å²) in [5, 5.41) is 3.94. The first-order chi connectivity index (χ1) is 12.8. The van der Waals surface area contributed by atoms with Crippen LogP contribution in [0.1, 0.15) is 30.5 Å². The van der Waals surface area contributed by atoms with Crippen LogP contribution < -0.4 is 10.9 Å². The Bertz CT molecular complexity index is 1020. The number of aromatic nitrogens is 1. The van der Waals surface area contributed by atoms with Crippen LogP contribution in [0.5, 0.6) is 0 Å². The normalized spacial score (nSPS) is 11.0. The standard InChI is InChI=1S/C22H25N3O2/c1-14(2)25(22(27)23-18-10-15(3)9-16(4)11-18)13-17-12-21(26)24-20-8-6-5-7-19(17)20/h5-12,14H,13H2,1-4H3,(H,23,27)(H,24,26). The molecule has 0 aliphatic heterocycles. The second-order valence-electron chi connectivity index (χ2n) is 7.23. The Balaban J connectivity index is 1.90. The quantitative estimate of drug-likeness (QED) is 0.712. The van der Waals surface area contributed by atoms with Crippen molar-refractivity contribution in [2.75, 3.05) is 5.32 Å². The summed E-state index contributed by atoms with van der Waals surface area (Å²) < 4.78 is 0. The molecule has 0 radical (unpaired) electrons. The molecule has 2 aromatic carbocycles. The second kappa shape index (κ2) is 7.66. The molecule has 0 spiro atoms. The number of benzene rings is 2. The highest BCUT2D eigenvalue weighted by Gasteiger charge is 2.19. The van der Waals surface area contributed by atoms with Gasteiger partial charge < -0.3 is 15.2 Å². The molecule has 0 fully saturated rings. The lowest BCUT2D eigenvalue weighted by atomic mass is 10.1. The van der Waals surface area contributed by atoms with Gasteiger partial charge in [0.2, 0.25) is 5.56 Å². The summed E-state index contributed by atoms with van der Waals surface area (Å²) in [6.07, 6.45) is 0. The summed E-state index contributed by atoms with van der Waals surface area (Å²) in [5.74, 6) is 0. The van der Waals surface area contributed by atoms with Crippen molar-refractivity contribution in [2.24, 2.45) is 0 Å². The van der Waals surface area contributed by atoms with Crippen LogP contribution in [0.25, 0.3) is 10.9 Å². The number of anilines is 1. The fraction of sp³-hybridized carbons (Fsp3) is 0.273. The number of nitrogens with zero attached hydrogens (tertiary/aromatic N) is 1. The second-order valence-corrected chi connectivity index (χ2v) is 7.23. The number of pyridine rings is 1. The Labute approximate surface area is 159 Å². The summed E-state index contributed by atoms with van der Waals surface area (Å²) >= 11 is 0. The number of H-pyrrole nitrogens is 1. The van der Waals surface area contributed by atoms with E-state index in [0.717, 1.165) is 33.3 Å². The Morgan fingerprint density at radius 3 is 2.41 bits per heavy atom. The van der Waals surface area contributed by atoms with E-state index in [4.69, 9.17) is 0 Å². The van der Waals surface area contributed by atoms with Gasteiger partial charge >= 0.3 is 6.03 Å². The number of hydrogen-bond donors (Lipinski definition) is 2. The number of para-hydroxylation sites is 1. The summed E-state index contributed by atoms with van der Waals surface area (Å²) in [5.41, 5.74) is 4.42. The Morgan fingerprint density at radius 1 is 1.07 bits per heavy atom. The minimum absolute atomic E-state index is 0.0195. The third-order valence-electron chi connectivity index (χ3n) is 4.53. The molecule has 0 saturated heterocycles. The molecular weight excluding hydrogens is 338 g/mol. The third kappa shape index (κ3) is 4.37. The van der Waals surface area contributed by atoms with Crippen molar-refractivity contribution in [3.8, 4) is 0 Å². The highest BCUT2D eigenvalue weighted by molar-refractivity contribution is 5.90. The zero-order chi connectivity index (χ0) is 19.6. The largest absolute Gasteiger partial charge is 0.322 e. The highest BCUT2D eigenvalue weighted by atomic mass is 16.2. The lowest BCUT2D eigenvalue weighted by Crippen LogP contribution is -2.39. The number of carbonyl (C=O) groups is 1.